The first kappa shape index (κ1) is 17.1. The summed E-state index contributed by atoms with van der Waals surface area (Å²) in [7, 11) is -3.16. The Kier molecular flexibility index (Phi) is 5.03. The van der Waals surface area contributed by atoms with Gasteiger partial charge in [-0.2, -0.15) is 0 Å². The highest BCUT2D eigenvalue weighted by molar-refractivity contribution is 7.88. The van der Waals surface area contributed by atoms with E-state index in [1.165, 1.54) is 10.4 Å². The van der Waals surface area contributed by atoms with Gasteiger partial charge < -0.3 is 4.90 Å². The number of amides is 1. The SMILES string of the molecule is CS(=O)(=O)NCCc1ccc(C(=O)N2CCc3sccc3C2)cc1. The summed E-state index contributed by atoms with van der Waals surface area (Å²) < 4.78 is 24.6. The normalized spacial score (nSPS) is 14.5. The number of hydrogen-bond acceptors (Lipinski definition) is 4. The summed E-state index contributed by atoms with van der Waals surface area (Å²) in [5.41, 5.74) is 2.93. The van der Waals surface area contributed by atoms with E-state index in [-0.39, 0.29) is 5.91 Å². The lowest BCUT2D eigenvalue weighted by Crippen LogP contribution is -2.35. The van der Waals surface area contributed by atoms with Crippen molar-refractivity contribution in [2.24, 2.45) is 0 Å². The molecule has 24 heavy (non-hydrogen) atoms. The van der Waals surface area contributed by atoms with Gasteiger partial charge in [-0.05, 0) is 47.5 Å². The minimum Gasteiger partial charge on any atom is -0.334 e. The van der Waals surface area contributed by atoms with E-state index in [2.05, 4.69) is 16.2 Å². The molecule has 1 aliphatic rings. The van der Waals surface area contributed by atoms with Gasteiger partial charge in [0.1, 0.15) is 0 Å². The molecule has 0 aliphatic carbocycles. The first-order valence-electron chi connectivity index (χ1n) is 7.80. The van der Waals surface area contributed by atoms with Gasteiger partial charge in [0.25, 0.3) is 5.91 Å². The number of thiophene rings is 1. The summed E-state index contributed by atoms with van der Waals surface area (Å²) in [6, 6.07) is 9.51. The molecule has 0 atom stereocenters. The van der Waals surface area contributed by atoms with Crippen LogP contribution in [0, 0.1) is 0 Å². The van der Waals surface area contributed by atoms with Gasteiger partial charge in [0.15, 0.2) is 0 Å². The molecule has 0 spiro atoms. The molecule has 0 unspecified atom stereocenters. The average Bonchev–Trinajstić information content (AvgIpc) is 3.01. The smallest absolute Gasteiger partial charge is 0.254 e. The van der Waals surface area contributed by atoms with Crippen LogP contribution in [-0.4, -0.2) is 38.6 Å². The Hall–Kier alpha value is -1.70. The summed E-state index contributed by atoms with van der Waals surface area (Å²) in [4.78, 5) is 15.9. The molecule has 1 aromatic carbocycles. The molecule has 2 aromatic rings. The summed E-state index contributed by atoms with van der Waals surface area (Å²) >= 11 is 1.76. The second-order valence-corrected chi connectivity index (χ2v) is 8.79. The Labute approximate surface area is 146 Å². The van der Waals surface area contributed by atoms with E-state index in [1.807, 2.05) is 29.2 Å². The molecule has 0 bridgehead atoms. The molecule has 0 radical (unpaired) electrons. The van der Waals surface area contributed by atoms with Gasteiger partial charge in [0.2, 0.25) is 10.0 Å². The van der Waals surface area contributed by atoms with Crippen molar-refractivity contribution in [2.75, 3.05) is 19.3 Å². The Morgan fingerprint density at radius 1 is 1.25 bits per heavy atom. The van der Waals surface area contributed by atoms with Crippen molar-refractivity contribution < 1.29 is 13.2 Å². The van der Waals surface area contributed by atoms with E-state index in [0.29, 0.717) is 25.1 Å². The molecule has 1 amide bonds. The van der Waals surface area contributed by atoms with Crippen LogP contribution in [0.2, 0.25) is 0 Å². The molecule has 1 N–H and O–H groups in total. The number of nitrogens with one attached hydrogen (secondary N) is 1. The first-order chi connectivity index (χ1) is 11.4. The molecular formula is C17H20N2O3S2. The topological polar surface area (TPSA) is 66.5 Å². The zero-order valence-electron chi connectivity index (χ0n) is 13.5. The Balaban J connectivity index is 1.60. The molecule has 1 aliphatic heterocycles. The fourth-order valence-electron chi connectivity index (χ4n) is 2.80. The number of sulfonamides is 1. The Bertz CT molecular complexity index is 826. The molecule has 1 aromatic heterocycles. The van der Waals surface area contributed by atoms with E-state index in [0.717, 1.165) is 24.8 Å². The van der Waals surface area contributed by atoms with Crippen molar-refractivity contribution in [3.05, 3.63) is 57.3 Å². The molecule has 5 nitrogen and oxygen atoms in total. The number of nitrogens with zero attached hydrogens (tertiary/aromatic N) is 1. The molecule has 128 valence electrons. The van der Waals surface area contributed by atoms with Crippen LogP contribution in [0.25, 0.3) is 0 Å². The zero-order chi connectivity index (χ0) is 17.2. The number of hydrogen-bond donors (Lipinski definition) is 1. The third-order valence-electron chi connectivity index (χ3n) is 4.07. The van der Waals surface area contributed by atoms with Gasteiger partial charge in [-0.3, -0.25) is 4.79 Å². The fourth-order valence-corrected chi connectivity index (χ4v) is 4.16. The maximum absolute atomic E-state index is 12.6. The lowest BCUT2D eigenvalue weighted by atomic mass is 10.1. The quantitative estimate of drug-likeness (QED) is 0.883. The lowest BCUT2D eigenvalue weighted by Gasteiger charge is -2.27. The van der Waals surface area contributed by atoms with Gasteiger partial charge >= 0.3 is 0 Å². The third kappa shape index (κ3) is 4.23. The van der Waals surface area contributed by atoms with E-state index in [1.54, 1.807) is 11.3 Å². The van der Waals surface area contributed by atoms with Crippen molar-refractivity contribution in [2.45, 2.75) is 19.4 Å². The molecule has 7 heteroatoms. The van der Waals surface area contributed by atoms with Gasteiger partial charge in [-0.25, -0.2) is 13.1 Å². The predicted octanol–water partition coefficient (Wildman–Crippen LogP) is 2.04. The Morgan fingerprint density at radius 3 is 2.71 bits per heavy atom. The largest absolute Gasteiger partial charge is 0.334 e. The molecule has 0 saturated carbocycles. The average molecular weight is 364 g/mol. The number of fused-ring (bicyclic) bond motifs is 1. The molecule has 2 heterocycles. The minimum absolute atomic E-state index is 0.0488. The fraction of sp³-hybridized carbons (Fsp3) is 0.353. The summed E-state index contributed by atoms with van der Waals surface area (Å²) in [5, 5.41) is 2.08. The van der Waals surface area contributed by atoms with Crippen molar-refractivity contribution in [3.63, 3.8) is 0 Å². The van der Waals surface area contributed by atoms with E-state index >= 15 is 0 Å². The number of carbonyl (C=O) groups excluding carboxylic acids is 1. The van der Waals surface area contributed by atoms with Crippen molar-refractivity contribution in [3.8, 4) is 0 Å². The third-order valence-corrected chi connectivity index (χ3v) is 5.83. The van der Waals surface area contributed by atoms with Gasteiger partial charge in [0.05, 0.1) is 6.26 Å². The van der Waals surface area contributed by atoms with Gasteiger partial charge in [-0.1, -0.05) is 12.1 Å². The van der Waals surface area contributed by atoms with Crippen LogP contribution in [0.3, 0.4) is 0 Å². The highest BCUT2D eigenvalue weighted by atomic mass is 32.2. The number of rotatable bonds is 5. The monoisotopic (exact) mass is 364 g/mol. The zero-order valence-corrected chi connectivity index (χ0v) is 15.1. The van der Waals surface area contributed by atoms with Crippen LogP contribution in [0.15, 0.2) is 35.7 Å². The van der Waals surface area contributed by atoms with Gasteiger partial charge in [0, 0.05) is 30.1 Å². The maximum Gasteiger partial charge on any atom is 0.254 e. The molecule has 0 saturated heterocycles. The second kappa shape index (κ2) is 7.04. The molecule has 0 fully saturated rings. The van der Waals surface area contributed by atoms with E-state index in [9.17, 15) is 13.2 Å². The van der Waals surface area contributed by atoms with E-state index in [4.69, 9.17) is 0 Å². The van der Waals surface area contributed by atoms with E-state index < -0.39 is 10.0 Å². The second-order valence-electron chi connectivity index (χ2n) is 5.96. The number of benzene rings is 1. The Morgan fingerprint density at radius 2 is 2.00 bits per heavy atom. The highest BCUT2D eigenvalue weighted by Crippen LogP contribution is 2.25. The van der Waals surface area contributed by atoms with Crippen molar-refractivity contribution >= 4 is 27.3 Å². The van der Waals surface area contributed by atoms with Crippen LogP contribution in [0.5, 0.6) is 0 Å². The van der Waals surface area contributed by atoms with Crippen LogP contribution >= 0.6 is 11.3 Å². The summed E-state index contributed by atoms with van der Waals surface area (Å²) in [5.74, 6) is 0.0488. The highest BCUT2D eigenvalue weighted by Gasteiger charge is 2.22. The van der Waals surface area contributed by atoms with Crippen LogP contribution in [0.1, 0.15) is 26.4 Å². The summed E-state index contributed by atoms with van der Waals surface area (Å²) in [6.45, 7) is 1.79. The lowest BCUT2D eigenvalue weighted by molar-refractivity contribution is 0.0736. The minimum atomic E-state index is -3.16. The molecule has 3 rings (SSSR count). The standard InChI is InChI=1S/C17H20N2O3S2/c1-24(21,22)18-9-6-13-2-4-14(5-3-13)17(20)19-10-7-16-15(12-19)8-11-23-16/h2-5,8,11,18H,6-7,9-10,12H2,1H3. The van der Waals surface area contributed by atoms with Crippen LogP contribution < -0.4 is 4.72 Å². The van der Waals surface area contributed by atoms with Crippen LogP contribution in [-0.2, 0) is 29.4 Å². The predicted molar refractivity (Wildman–Crippen MR) is 95.8 cm³/mol. The van der Waals surface area contributed by atoms with Crippen molar-refractivity contribution in [1.29, 1.82) is 0 Å². The first-order valence-corrected chi connectivity index (χ1v) is 10.6. The van der Waals surface area contributed by atoms with Crippen molar-refractivity contribution in [1.82, 2.24) is 9.62 Å². The van der Waals surface area contributed by atoms with Crippen LogP contribution in [0.4, 0.5) is 0 Å². The summed E-state index contributed by atoms with van der Waals surface area (Å²) in [6.07, 6.45) is 2.67. The maximum atomic E-state index is 12.6. The number of carbonyl (C=O) groups is 1. The van der Waals surface area contributed by atoms with Gasteiger partial charge in [-0.15, -0.1) is 11.3 Å². The molecular weight excluding hydrogens is 344 g/mol.